The van der Waals surface area contributed by atoms with Crippen LogP contribution in [0.4, 0.5) is 4.39 Å². The van der Waals surface area contributed by atoms with Gasteiger partial charge >= 0.3 is 5.97 Å². The number of nitrogens with two attached hydrogens (primary N) is 1. The molecule has 1 aliphatic carbocycles. The van der Waals surface area contributed by atoms with Gasteiger partial charge in [0.15, 0.2) is 0 Å². The zero-order chi connectivity index (χ0) is 13.3. The topological polar surface area (TPSA) is 83.6 Å². The van der Waals surface area contributed by atoms with Gasteiger partial charge in [-0.05, 0) is 30.9 Å². The lowest BCUT2D eigenvalue weighted by atomic mass is 9.90. The molecule has 1 saturated carbocycles. The number of benzene rings is 1. The number of aromatic hydroxyl groups is 1. The van der Waals surface area contributed by atoms with Crippen LogP contribution in [0.3, 0.4) is 0 Å². The number of halogens is 1. The Balaban J connectivity index is 2.42. The average molecular weight is 253 g/mol. The Bertz CT molecular complexity index is 470. The van der Waals surface area contributed by atoms with E-state index in [1.807, 2.05) is 0 Å². The normalized spacial score (nSPS) is 17.9. The van der Waals surface area contributed by atoms with Crippen molar-refractivity contribution >= 4 is 5.97 Å². The minimum absolute atomic E-state index is 0.0678. The molecule has 0 radical (unpaired) electrons. The van der Waals surface area contributed by atoms with Crippen molar-refractivity contribution in [2.24, 2.45) is 11.7 Å². The third kappa shape index (κ3) is 2.18. The summed E-state index contributed by atoms with van der Waals surface area (Å²) < 4.78 is 13.8. The molecule has 0 saturated heterocycles. The number of hydrogen-bond acceptors (Lipinski definition) is 3. The van der Waals surface area contributed by atoms with Crippen molar-refractivity contribution in [1.29, 1.82) is 0 Å². The molecule has 1 aromatic carbocycles. The number of carboxylic acid groups (broad SMARTS) is 1. The first kappa shape index (κ1) is 12.8. The van der Waals surface area contributed by atoms with Gasteiger partial charge in [-0.1, -0.05) is 12.8 Å². The molecule has 18 heavy (non-hydrogen) atoms. The lowest BCUT2D eigenvalue weighted by Crippen LogP contribution is -2.21. The van der Waals surface area contributed by atoms with Crippen molar-refractivity contribution in [3.8, 4) is 5.75 Å². The molecular formula is C13H16FNO3. The van der Waals surface area contributed by atoms with Crippen LogP contribution in [-0.2, 0) is 0 Å². The van der Waals surface area contributed by atoms with E-state index in [1.165, 1.54) is 0 Å². The number of carboxylic acids is 1. The monoisotopic (exact) mass is 253 g/mol. The Morgan fingerprint density at radius 2 is 2.00 bits per heavy atom. The number of aromatic carboxylic acids is 1. The zero-order valence-electron chi connectivity index (χ0n) is 9.90. The van der Waals surface area contributed by atoms with E-state index in [9.17, 15) is 14.3 Å². The Morgan fingerprint density at radius 3 is 2.56 bits per heavy atom. The van der Waals surface area contributed by atoms with Crippen LogP contribution >= 0.6 is 0 Å². The van der Waals surface area contributed by atoms with Gasteiger partial charge in [0.2, 0.25) is 0 Å². The summed E-state index contributed by atoms with van der Waals surface area (Å²) in [6.07, 6.45) is 3.85. The maximum atomic E-state index is 13.8. The molecule has 0 aromatic heterocycles. The molecule has 0 heterocycles. The van der Waals surface area contributed by atoms with Crippen molar-refractivity contribution < 1.29 is 19.4 Å². The van der Waals surface area contributed by atoms with Gasteiger partial charge in [-0.2, -0.15) is 0 Å². The van der Waals surface area contributed by atoms with E-state index >= 15 is 0 Å². The van der Waals surface area contributed by atoms with E-state index in [-0.39, 0.29) is 17.0 Å². The molecule has 0 aliphatic heterocycles. The first-order chi connectivity index (χ1) is 8.52. The van der Waals surface area contributed by atoms with E-state index < -0.39 is 23.6 Å². The second-order valence-corrected chi connectivity index (χ2v) is 4.73. The third-order valence-corrected chi connectivity index (χ3v) is 3.64. The van der Waals surface area contributed by atoms with Crippen LogP contribution in [0, 0.1) is 11.7 Å². The summed E-state index contributed by atoms with van der Waals surface area (Å²) in [6, 6.07) is 1.46. The molecule has 4 N–H and O–H groups in total. The Labute approximate surface area is 104 Å². The van der Waals surface area contributed by atoms with Crippen LogP contribution in [0.25, 0.3) is 0 Å². The zero-order valence-corrected chi connectivity index (χ0v) is 9.90. The summed E-state index contributed by atoms with van der Waals surface area (Å²) in [5.41, 5.74) is 5.60. The summed E-state index contributed by atoms with van der Waals surface area (Å²) in [4.78, 5) is 10.9. The van der Waals surface area contributed by atoms with Crippen LogP contribution in [0.5, 0.6) is 5.75 Å². The molecule has 1 atom stereocenters. The smallest absolute Gasteiger partial charge is 0.339 e. The van der Waals surface area contributed by atoms with Gasteiger partial charge < -0.3 is 15.9 Å². The Morgan fingerprint density at radius 1 is 1.39 bits per heavy atom. The van der Waals surface area contributed by atoms with Crippen molar-refractivity contribution in [3.05, 3.63) is 29.1 Å². The van der Waals surface area contributed by atoms with Gasteiger partial charge in [0, 0.05) is 11.6 Å². The molecule has 98 valence electrons. The number of rotatable bonds is 3. The predicted molar refractivity (Wildman–Crippen MR) is 63.9 cm³/mol. The molecule has 1 fully saturated rings. The van der Waals surface area contributed by atoms with Crippen LogP contribution in [0.2, 0.25) is 0 Å². The van der Waals surface area contributed by atoms with Gasteiger partial charge in [-0.15, -0.1) is 0 Å². The van der Waals surface area contributed by atoms with Gasteiger partial charge in [-0.25, -0.2) is 9.18 Å². The van der Waals surface area contributed by atoms with Gasteiger partial charge in [0.05, 0.1) is 0 Å². The van der Waals surface area contributed by atoms with Crippen LogP contribution in [0.1, 0.15) is 47.6 Å². The minimum atomic E-state index is -1.28. The SMILES string of the molecule is N[C@@H](c1c(F)ccc(C(=O)O)c1O)C1CCCC1. The quantitative estimate of drug-likeness (QED) is 0.772. The second kappa shape index (κ2) is 4.94. The summed E-state index contributed by atoms with van der Waals surface area (Å²) in [5.74, 6) is -2.36. The van der Waals surface area contributed by atoms with Gasteiger partial charge in [0.25, 0.3) is 0 Å². The molecule has 0 amide bonds. The maximum Gasteiger partial charge on any atom is 0.339 e. The fraction of sp³-hybridized carbons (Fsp3) is 0.462. The molecule has 2 rings (SSSR count). The fourth-order valence-corrected chi connectivity index (χ4v) is 2.63. The lowest BCUT2D eigenvalue weighted by molar-refractivity contribution is 0.0693. The number of hydrogen-bond donors (Lipinski definition) is 3. The molecule has 1 aromatic rings. The Kier molecular flexibility index (Phi) is 3.52. The minimum Gasteiger partial charge on any atom is -0.507 e. The second-order valence-electron chi connectivity index (χ2n) is 4.73. The lowest BCUT2D eigenvalue weighted by Gasteiger charge is -2.21. The fourth-order valence-electron chi connectivity index (χ4n) is 2.63. The van der Waals surface area contributed by atoms with E-state index in [4.69, 9.17) is 10.8 Å². The summed E-state index contributed by atoms with van der Waals surface area (Å²) in [7, 11) is 0. The first-order valence-corrected chi connectivity index (χ1v) is 6.02. The van der Waals surface area contributed by atoms with Crippen molar-refractivity contribution in [3.63, 3.8) is 0 Å². The standard InChI is InChI=1S/C13H16FNO3/c14-9-6-5-8(13(17)18)12(16)10(9)11(15)7-3-1-2-4-7/h5-7,11,16H,1-4,15H2,(H,17,18)/t11-/m1/s1. The highest BCUT2D eigenvalue weighted by Gasteiger charge is 2.29. The van der Waals surface area contributed by atoms with Crippen LogP contribution < -0.4 is 5.73 Å². The van der Waals surface area contributed by atoms with Gasteiger partial charge in [0.1, 0.15) is 17.1 Å². The molecular weight excluding hydrogens is 237 g/mol. The molecule has 1 aliphatic rings. The van der Waals surface area contributed by atoms with E-state index in [0.29, 0.717) is 0 Å². The van der Waals surface area contributed by atoms with Crippen molar-refractivity contribution in [1.82, 2.24) is 0 Å². The highest BCUT2D eigenvalue weighted by atomic mass is 19.1. The molecule has 4 nitrogen and oxygen atoms in total. The number of phenols is 1. The largest absolute Gasteiger partial charge is 0.507 e. The van der Waals surface area contributed by atoms with E-state index in [2.05, 4.69) is 0 Å². The summed E-state index contributed by atoms with van der Waals surface area (Å²) in [6.45, 7) is 0. The molecule has 0 unspecified atom stereocenters. The summed E-state index contributed by atoms with van der Waals surface area (Å²) in [5, 5.41) is 18.8. The van der Waals surface area contributed by atoms with Crippen molar-refractivity contribution in [2.75, 3.05) is 0 Å². The van der Waals surface area contributed by atoms with E-state index in [1.54, 1.807) is 0 Å². The highest BCUT2D eigenvalue weighted by Crippen LogP contribution is 2.39. The first-order valence-electron chi connectivity index (χ1n) is 6.02. The maximum absolute atomic E-state index is 13.8. The van der Waals surface area contributed by atoms with Gasteiger partial charge in [-0.3, -0.25) is 0 Å². The molecule has 0 bridgehead atoms. The third-order valence-electron chi connectivity index (χ3n) is 3.64. The van der Waals surface area contributed by atoms with Crippen LogP contribution in [0.15, 0.2) is 12.1 Å². The Hall–Kier alpha value is -1.62. The highest BCUT2D eigenvalue weighted by molar-refractivity contribution is 5.91. The summed E-state index contributed by atoms with van der Waals surface area (Å²) >= 11 is 0. The number of carbonyl (C=O) groups is 1. The van der Waals surface area contributed by atoms with E-state index in [0.717, 1.165) is 37.8 Å². The molecule has 0 spiro atoms. The predicted octanol–water partition coefficient (Wildman–Crippen LogP) is 2.42. The molecule has 5 heteroatoms. The average Bonchev–Trinajstić information content (AvgIpc) is 2.81. The van der Waals surface area contributed by atoms with Crippen LogP contribution in [-0.4, -0.2) is 16.2 Å². The van der Waals surface area contributed by atoms with Crippen molar-refractivity contribution in [2.45, 2.75) is 31.7 Å².